The van der Waals surface area contributed by atoms with Gasteiger partial charge in [-0.15, -0.1) is 0 Å². The number of hydrogen-bond donors (Lipinski definition) is 1. The molecule has 0 aliphatic carbocycles. The number of nitrogens with zero attached hydrogens (tertiary/aromatic N) is 2. The molecule has 7 nitrogen and oxygen atoms in total. The van der Waals surface area contributed by atoms with E-state index in [0.717, 1.165) is 55.6 Å². The van der Waals surface area contributed by atoms with Crippen LogP contribution in [-0.2, 0) is 26.5 Å². The number of ether oxygens (including phenoxy) is 3. The molecule has 0 radical (unpaired) electrons. The van der Waals surface area contributed by atoms with Crippen molar-refractivity contribution in [2.45, 2.75) is 44.1 Å². The van der Waals surface area contributed by atoms with Crippen LogP contribution >= 0.6 is 0 Å². The maximum Gasteiger partial charge on any atom is 0.339 e. The molecule has 1 N–H and O–H groups in total. The molecule has 5 aromatic rings. The Morgan fingerprint density at radius 2 is 1.74 bits per heavy atom. The maximum atomic E-state index is 13.2. The van der Waals surface area contributed by atoms with Gasteiger partial charge in [-0.05, 0) is 26.1 Å². The molecule has 0 spiro atoms. The van der Waals surface area contributed by atoms with Gasteiger partial charge in [0.05, 0.1) is 27.6 Å². The monoisotopic (exact) mass is 467 g/mol. The molecule has 2 aromatic heterocycles. The first kappa shape index (κ1) is 19.9. The lowest BCUT2D eigenvalue weighted by molar-refractivity contribution is -0.256. The zero-order valence-electron chi connectivity index (χ0n) is 19.8. The second-order valence-corrected chi connectivity index (χ2v) is 10.0. The predicted molar refractivity (Wildman–Crippen MR) is 134 cm³/mol. The van der Waals surface area contributed by atoms with Crippen molar-refractivity contribution in [3.63, 3.8) is 0 Å². The van der Waals surface area contributed by atoms with Gasteiger partial charge in [-0.3, -0.25) is 0 Å². The number of esters is 1. The third-order valence-corrected chi connectivity index (χ3v) is 8.50. The highest BCUT2D eigenvalue weighted by atomic mass is 16.6. The summed E-state index contributed by atoms with van der Waals surface area (Å²) in [6, 6.07) is 16.8. The minimum absolute atomic E-state index is 0.0716. The summed E-state index contributed by atoms with van der Waals surface area (Å²) in [5.41, 5.74) is 5.13. The van der Waals surface area contributed by atoms with Crippen molar-refractivity contribution >= 4 is 49.6 Å². The molecule has 2 bridgehead atoms. The Hall–Kier alpha value is -3.39. The number of hydrogen-bond acceptors (Lipinski definition) is 5. The number of carbonyl (C=O) groups excluding carboxylic acids is 1. The van der Waals surface area contributed by atoms with E-state index in [-0.39, 0.29) is 30.9 Å². The predicted octanol–water partition coefficient (Wildman–Crippen LogP) is 4.78. The quantitative estimate of drug-likeness (QED) is 0.379. The lowest BCUT2D eigenvalue weighted by Crippen LogP contribution is -2.59. The fourth-order valence-corrected chi connectivity index (χ4v) is 7.23. The number of cyclic esters (lactones) is 1. The Bertz CT molecular complexity index is 1750. The molecule has 0 amide bonds. The van der Waals surface area contributed by atoms with Gasteiger partial charge in [0.1, 0.15) is 18.9 Å². The average molecular weight is 468 g/mol. The van der Waals surface area contributed by atoms with Gasteiger partial charge < -0.3 is 28.7 Å². The number of rotatable bonds is 2. The molecular weight excluding hydrogens is 442 g/mol. The summed E-state index contributed by atoms with van der Waals surface area (Å²) in [4.78, 5) is 13.2. The van der Waals surface area contributed by atoms with Crippen LogP contribution in [0.1, 0.15) is 35.5 Å². The lowest BCUT2D eigenvalue weighted by Gasteiger charge is -2.48. The standard InChI is InChI=1S/C28H25N3O4/c1-28-26(33-3)17(29-2)12-20(35-28)30-18-10-6-4-8-14(18)22-23-16(13-34-27(23)32)21-15-9-5-7-11-19(15)31(28)25(21)24(22)30/h4-11,17,20,26,29H,12-13H2,1-3H3/t17-,20?,26-,28+/m1/s1. The molecule has 1 unspecified atom stereocenters. The summed E-state index contributed by atoms with van der Waals surface area (Å²) < 4.78 is 23.6. The molecule has 1 saturated heterocycles. The van der Waals surface area contributed by atoms with Crippen LogP contribution in [0.15, 0.2) is 48.5 Å². The van der Waals surface area contributed by atoms with E-state index in [1.54, 1.807) is 7.11 Å². The number of likely N-dealkylation sites (N-methyl/N-ethyl adjacent to an activating group) is 1. The van der Waals surface area contributed by atoms with Crippen molar-refractivity contribution in [2.75, 3.05) is 14.2 Å². The second kappa shape index (κ2) is 6.43. The van der Waals surface area contributed by atoms with E-state index in [1.807, 2.05) is 13.1 Å². The number of nitrogens with one attached hydrogen (secondary N) is 1. The van der Waals surface area contributed by atoms with Crippen LogP contribution in [0, 0.1) is 0 Å². The first-order valence-electron chi connectivity index (χ1n) is 12.1. The summed E-state index contributed by atoms with van der Waals surface area (Å²) in [6.45, 7) is 2.42. The van der Waals surface area contributed by atoms with Gasteiger partial charge in [0.2, 0.25) is 0 Å². The van der Waals surface area contributed by atoms with Crippen LogP contribution < -0.4 is 5.32 Å². The van der Waals surface area contributed by atoms with Gasteiger partial charge in [0, 0.05) is 46.7 Å². The molecular formula is C28H25N3O4. The van der Waals surface area contributed by atoms with E-state index in [1.165, 1.54) is 0 Å². The molecule has 5 heterocycles. The highest BCUT2D eigenvalue weighted by molar-refractivity contribution is 6.30. The Labute approximate surface area is 201 Å². The van der Waals surface area contributed by atoms with Gasteiger partial charge in [0.15, 0.2) is 5.72 Å². The first-order chi connectivity index (χ1) is 17.1. The van der Waals surface area contributed by atoms with Gasteiger partial charge in [-0.2, -0.15) is 0 Å². The highest BCUT2D eigenvalue weighted by Crippen LogP contribution is 2.53. The first-order valence-corrected chi connectivity index (χ1v) is 12.1. The van der Waals surface area contributed by atoms with Gasteiger partial charge in [0.25, 0.3) is 0 Å². The largest absolute Gasteiger partial charge is 0.457 e. The van der Waals surface area contributed by atoms with Crippen LogP contribution in [0.5, 0.6) is 0 Å². The van der Waals surface area contributed by atoms with E-state index in [9.17, 15) is 4.79 Å². The number of benzene rings is 3. The molecule has 3 aliphatic heterocycles. The topological polar surface area (TPSA) is 66.7 Å². The molecule has 1 fully saturated rings. The van der Waals surface area contributed by atoms with Crippen molar-refractivity contribution < 1.29 is 19.0 Å². The Kier molecular flexibility index (Phi) is 3.65. The number of aromatic nitrogens is 2. The smallest absolute Gasteiger partial charge is 0.339 e. The van der Waals surface area contributed by atoms with E-state index < -0.39 is 5.72 Å². The third kappa shape index (κ3) is 2.12. The normalized spacial score (nSPS) is 27.3. The number of para-hydroxylation sites is 2. The molecule has 4 atom stereocenters. The van der Waals surface area contributed by atoms with E-state index in [0.29, 0.717) is 5.56 Å². The molecule has 176 valence electrons. The molecule has 3 aliphatic rings. The Morgan fingerprint density at radius 1 is 1.03 bits per heavy atom. The fourth-order valence-electron chi connectivity index (χ4n) is 7.23. The van der Waals surface area contributed by atoms with Crippen molar-refractivity contribution in [1.82, 2.24) is 14.5 Å². The SMILES string of the molecule is CN[C@@H]1CC2O[C@@](C)([C@@H]1OC)n1c3ccccc3c3c4c(c5c6ccccc6n2c5c31)C(=O)OC4. The molecule has 7 heteroatoms. The Balaban J connectivity index is 1.72. The number of methoxy groups -OCH3 is 1. The lowest BCUT2D eigenvalue weighted by atomic mass is 9.93. The summed E-state index contributed by atoms with van der Waals surface area (Å²) >= 11 is 0. The van der Waals surface area contributed by atoms with E-state index in [2.05, 4.69) is 63.8 Å². The Morgan fingerprint density at radius 3 is 2.49 bits per heavy atom. The average Bonchev–Trinajstić information content (AvgIpc) is 3.51. The van der Waals surface area contributed by atoms with Crippen molar-refractivity contribution in [3.8, 4) is 0 Å². The van der Waals surface area contributed by atoms with Crippen LogP contribution in [0.2, 0.25) is 0 Å². The minimum atomic E-state index is -0.780. The molecule has 3 aromatic carbocycles. The molecule has 0 saturated carbocycles. The summed E-state index contributed by atoms with van der Waals surface area (Å²) in [5.74, 6) is -0.246. The minimum Gasteiger partial charge on any atom is -0.457 e. The van der Waals surface area contributed by atoms with Gasteiger partial charge in [-0.25, -0.2) is 4.79 Å². The summed E-state index contributed by atoms with van der Waals surface area (Å²) in [6.07, 6.45) is 0.285. The van der Waals surface area contributed by atoms with Crippen LogP contribution in [0.3, 0.4) is 0 Å². The zero-order valence-corrected chi connectivity index (χ0v) is 19.8. The summed E-state index contributed by atoms with van der Waals surface area (Å²) in [7, 11) is 3.75. The van der Waals surface area contributed by atoms with Crippen molar-refractivity contribution in [1.29, 1.82) is 0 Å². The van der Waals surface area contributed by atoms with Crippen LogP contribution in [0.4, 0.5) is 0 Å². The van der Waals surface area contributed by atoms with E-state index in [4.69, 9.17) is 14.2 Å². The maximum absolute atomic E-state index is 13.2. The van der Waals surface area contributed by atoms with Crippen LogP contribution in [-0.4, -0.2) is 41.4 Å². The highest BCUT2D eigenvalue weighted by Gasteiger charge is 2.53. The zero-order chi connectivity index (χ0) is 23.6. The summed E-state index contributed by atoms with van der Waals surface area (Å²) in [5, 5.41) is 7.69. The van der Waals surface area contributed by atoms with Crippen molar-refractivity contribution in [2.24, 2.45) is 0 Å². The third-order valence-electron chi connectivity index (χ3n) is 8.50. The van der Waals surface area contributed by atoms with Crippen LogP contribution in [0.25, 0.3) is 43.6 Å². The van der Waals surface area contributed by atoms with Gasteiger partial charge in [-0.1, -0.05) is 36.4 Å². The molecule has 35 heavy (non-hydrogen) atoms. The second-order valence-electron chi connectivity index (χ2n) is 10.0. The molecule has 8 rings (SSSR count). The fraction of sp³-hybridized carbons (Fsp3) is 0.321. The number of fused-ring (bicyclic) bond motifs is 13. The van der Waals surface area contributed by atoms with Crippen molar-refractivity contribution in [3.05, 3.63) is 59.7 Å². The van der Waals surface area contributed by atoms with E-state index >= 15 is 0 Å². The van der Waals surface area contributed by atoms with Gasteiger partial charge >= 0.3 is 5.97 Å². The number of carbonyl (C=O) groups is 1.